The van der Waals surface area contributed by atoms with Gasteiger partial charge in [0, 0.05) is 10.6 Å². The van der Waals surface area contributed by atoms with E-state index in [4.69, 9.17) is 16.3 Å². The van der Waals surface area contributed by atoms with E-state index in [0.717, 1.165) is 23.5 Å². The Morgan fingerprint density at radius 3 is 2.70 bits per heavy atom. The molecule has 8 heteroatoms. The molecule has 0 spiro atoms. The van der Waals surface area contributed by atoms with Crippen LogP contribution in [0.3, 0.4) is 0 Å². The Kier molecular flexibility index (Phi) is 4.29. The zero-order valence-electron chi connectivity index (χ0n) is 9.78. The lowest BCUT2D eigenvalue weighted by molar-refractivity contribution is -0.137. The molecular formula is C12H7ClF3NO2S. The van der Waals surface area contributed by atoms with E-state index in [1.807, 2.05) is 0 Å². The summed E-state index contributed by atoms with van der Waals surface area (Å²) in [6.07, 6.45) is -3.11. The van der Waals surface area contributed by atoms with Gasteiger partial charge in [-0.05, 0) is 12.1 Å². The molecule has 0 atom stereocenters. The predicted octanol–water partition coefficient (Wildman–Crippen LogP) is 4.17. The quantitative estimate of drug-likeness (QED) is 0.796. The summed E-state index contributed by atoms with van der Waals surface area (Å²) in [6.45, 7) is -0.201. The number of carbonyl (C=O) groups is 1. The number of hydrogen-bond donors (Lipinski definition) is 0. The SMILES string of the molecule is O=C(OCc1ccc(C(F)(F)F)cc1Cl)c1cncs1. The fourth-order valence-electron chi connectivity index (χ4n) is 1.37. The van der Waals surface area contributed by atoms with E-state index in [0.29, 0.717) is 10.4 Å². The number of alkyl halides is 3. The summed E-state index contributed by atoms with van der Waals surface area (Å²) in [6, 6.07) is 2.88. The van der Waals surface area contributed by atoms with Gasteiger partial charge in [0.1, 0.15) is 11.5 Å². The Morgan fingerprint density at radius 1 is 1.40 bits per heavy atom. The van der Waals surface area contributed by atoms with Crippen LogP contribution in [0.1, 0.15) is 20.8 Å². The van der Waals surface area contributed by atoms with Gasteiger partial charge >= 0.3 is 12.1 Å². The standard InChI is InChI=1S/C12H7ClF3NO2S/c13-9-3-8(12(14,15)16)2-1-7(9)5-19-11(18)10-4-17-6-20-10/h1-4,6H,5H2. The average Bonchev–Trinajstić information content (AvgIpc) is 2.89. The van der Waals surface area contributed by atoms with Crippen molar-refractivity contribution in [2.45, 2.75) is 12.8 Å². The average molecular weight is 322 g/mol. The van der Waals surface area contributed by atoms with Crippen molar-refractivity contribution in [1.29, 1.82) is 0 Å². The molecule has 106 valence electrons. The molecule has 0 amide bonds. The summed E-state index contributed by atoms with van der Waals surface area (Å²) in [4.78, 5) is 15.6. The maximum atomic E-state index is 12.4. The number of carbonyl (C=O) groups excluding carboxylic acids is 1. The van der Waals surface area contributed by atoms with Gasteiger partial charge in [0.15, 0.2) is 0 Å². The van der Waals surface area contributed by atoms with Crippen LogP contribution < -0.4 is 0 Å². The van der Waals surface area contributed by atoms with E-state index in [9.17, 15) is 18.0 Å². The molecule has 2 rings (SSSR count). The predicted molar refractivity (Wildman–Crippen MR) is 67.7 cm³/mol. The molecule has 0 radical (unpaired) electrons. The van der Waals surface area contributed by atoms with Gasteiger partial charge in [-0.25, -0.2) is 4.79 Å². The number of ether oxygens (including phenoxy) is 1. The van der Waals surface area contributed by atoms with Crippen LogP contribution in [0.25, 0.3) is 0 Å². The van der Waals surface area contributed by atoms with Crippen LogP contribution in [0.15, 0.2) is 29.9 Å². The molecule has 0 saturated heterocycles. The van der Waals surface area contributed by atoms with Crippen LogP contribution in [0.4, 0.5) is 13.2 Å². The molecule has 0 bridgehead atoms. The summed E-state index contributed by atoms with van der Waals surface area (Å²) >= 11 is 6.85. The third-order valence-corrected chi connectivity index (χ3v) is 3.48. The van der Waals surface area contributed by atoms with Gasteiger partial charge in [0.2, 0.25) is 0 Å². The van der Waals surface area contributed by atoms with Crippen LogP contribution in [-0.4, -0.2) is 11.0 Å². The molecule has 0 aliphatic carbocycles. The summed E-state index contributed by atoms with van der Waals surface area (Å²) in [5.74, 6) is -0.594. The molecule has 2 aromatic rings. The topological polar surface area (TPSA) is 39.2 Å². The highest BCUT2D eigenvalue weighted by atomic mass is 35.5. The van der Waals surface area contributed by atoms with Crippen molar-refractivity contribution >= 4 is 28.9 Å². The minimum atomic E-state index is -4.46. The summed E-state index contributed by atoms with van der Waals surface area (Å²) in [7, 11) is 0. The van der Waals surface area contributed by atoms with Crippen LogP contribution in [0.5, 0.6) is 0 Å². The molecule has 1 aromatic heterocycles. The van der Waals surface area contributed by atoms with E-state index in [1.165, 1.54) is 17.8 Å². The van der Waals surface area contributed by atoms with Crippen molar-refractivity contribution in [3.8, 4) is 0 Å². The van der Waals surface area contributed by atoms with Crippen molar-refractivity contribution in [3.05, 3.63) is 50.9 Å². The first-order chi connectivity index (χ1) is 9.38. The van der Waals surface area contributed by atoms with E-state index in [1.54, 1.807) is 0 Å². The maximum Gasteiger partial charge on any atom is 0.416 e. The third kappa shape index (κ3) is 3.49. The number of thiazole rings is 1. The largest absolute Gasteiger partial charge is 0.457 e. The molecule has 20 heavy (non-hydrogen) atoms. The Labute approximate surface area is 121 Å². The van der Waals surface area contributed by atoms with E-state index in [-0.39, 0.29) is 11.6 Å². The maximum absolute atomic E-state index is 12.4. The second-order valence-corrected chi connectivity index (χ2v) is 5.04. The molecule has 0 saturated carbocycles. The number of hydrogen-bond acceptors (Lipinski definition) is 4. The van der Waals surface area contributed by atoms with Gasteiger partial charge in [-0.3, -0.25) is 4.98 Å². The zero-order valence-corrected chi connectivity index (χ0v) is 11.4. The van der Waals surface area contributed by atoms with Gasteiger partial charge in [-0.1, -0.05) is 17.7 Å². The van der Waals surface area contributed by atoms with Crippen molar-refractivity contribution in [1.82, 2.24) is 4.98 Å². The smallest absolute Gasteiger partial charge is 0.416 e. The summed E-state index contributed by atoms with van der Waals surface area (Å²) in [5.41, 5.74) is 0.930. The molecule has 0 fully saturated rings. The van der Waals surface area contributed by atoms with Gasteiger partial charge in [0.25, 0.3) is 0 Å². The molecule has 1 heterocycles. The number of halogens is 4. The Balaban J connectivity index is 2.06. The molecule has 1 aromatic carbocycles. The summed E-state index contributed by atoms with van der Waals surface area (Å²) in [5, 5.41) is -0.100. The van der Waals surface area contributed by atoms with Gasteiger partial charge in [-0.15, -0.1) is 11.3 Å². The lowest BCUT2D eigenvalue weighted by Gasteiger charge is -2.10. The lowest BCUT2D eigenvalue weighted by Crippen LogP contribution is -2.07. The zero-order chi connectivity index (χ0) is 14.8. The monoisotopic (exact) mass is 321 g/mol. The highest BCUT2D eigenvalue weighted by molar-refractivity contribution is 7.11. The molecular weight excluding hydrogens is 315 g/mol. The number of aromatic nitrogens is 1. The fourth-order valence-corrected chi connectivity index (χ4v) is 2.12. The first-order valence-electron chi connectivity index (χ1n) is 5.29. The van der Waals surface area contributed by atoms with Crippen molar-refractivity contribution in [3.63, 3.8) is 0 Å². The number of nitrogens with zero attached hydrogens (tertiary/aromatic N) is 1. The minimum absolute atomic E-state index is 0.100. The second kappa shape index (κ2) is 5.80. The lowest BCUT2D eigenvalue weighted by atomic mass is 10.1. The van der Waals surface area contributed by atoms with Crippen LogP contribution in [-0.2, 0) is 17.5 Å². The number of esters is 1. The van der Waals surface area contributed by atoms with Crippen LogP contribution in [0, 0.1) is 0 Å². The summed E-state index contributed by atoms with van der Waals surface area (Å²) < 4.78 is 42.3. The Bertz CT molecular complexity index is 614. The normalized spacial score (nSPS) is 11.4. The van der Waals surface area contributed by atoms with Crippen LogP contribution >= 0.6 is 22.9 Å². The van der Waals surface area contributed by atoms with E-state index in [2.05, 4.69) is 4.98 Å². The van der Waals surface area contributed by atoms with E-state index >= 15 is 0 Å². The number of benzene rings is 1. The molecule has 0 aliphatic rings. The van der Waals surface area contributed by atoms with E-state index < -0.39 is 17.7 Å². The number of rotatable bonds is 3. The first-order valence-corrected chi connectivity index (χ1v) is 6.55. The minimum Gasteiger partial charge on any atom is -0.457 e. The Hall–Kier alpha value is -1.60. The second-order valence-electron chi connectivity index (χ2n) is 3.75. The highest BCUT2D eigenvalue weighted by Crippen LogP contribution is 2.32. The van der Waals surface area contributed by atoms with Gasteiger partial charge in [0.05, 0.1) is 17.3 Å². The Morgan fingerprint density at radius 2 is 2.15 bits per heavy atom. The van der Waals surface area contributed by atoms with Crippen LogP contribution in [0.2, 0.25) is 5.02 Å². The molecule has 0 unspecified atom stereocenters. The third-order valence-electron chi connectivity index (χ3n) is 2.37. The molecule has 3 nitrogen and oxygen atoms in total. The fraction of sp³-hybridized carbons (Fsp3) is 0.167. The van der Waals surface area contributed by atoms with Crippen molar-refractivity contribution < 1.29 is 22.7 Å². The van der Waals surface area contributed by atoms with Crippen molar-refractivity contribution in [2.24, 2.45) is 0 Å². The highest BCUT2D eigenvalue weighted by Gasteiger charge is 2.30. The van der Waals surface area contributed by atoms with Gasteiger partial charge in [-0.2, -0.15) is 13.2 Å². The molecule has 0 N–H and O–H groups in total. The molecule has 0 aliphatic heterocycles. The van der Waals surface area contributed by atoms with Gasteiger partial charge < -0.3 is 4.74 Å². The van der Waals surface area contributed by atoms with Crippen molar-refractivity contribution in [2.75, 3.05) is 0 Å². The first kappa shape index (κ1) is 14.8.